The van der Waals surface area contributed by atoms with Gasteiger partial charge >= 0.3 is 6.09 Å². The van der Waals surface area contributed by atoms with Gasteiger partial charge in [0.05, 0.1) is 18.8 Å². The predicted molar refractivity (Wildman–Crippen MR) is 165 cm³/mol. The minimum atomic E-state index is -0.590. The molecule has 1 aliphatic heterocycles. The van der Waals surface area contributed by atoms with Crippen molar-refractivity contribution < 1.29 is 24.1 Å². The minimum absolute atomic E-state index is 0.00644. The van der Waals surface area contributed by atoms with Crippen LogP contribution in [0, 0.1) is 5.92 Å². The first kappa shape index (κ1) is 30.5. The number of thioether (sulfide) groups is 1. The molecule has 10 heteroatoms. The van der Waals surface area contributed by atoms with Crippen LogP contribution in [0.1, 0.15) is 41.6 Å². The number of hydrogen-bond donors (Lipinski definition) is 2. The number of hydrogen-bond acceptors (Lipinski definition) is 8. The van der Waals surface area contributed by atoms with Crippen molar-refractivity contribution in [3.63, 3.8) is 0 Å². The van der Waals surface area contributed by atoms with Crippen LogP contribution < -0.4 is 5.32 Å². The number of ether oxygens (including phenoxy) is 3. The van der Waals surface area contributed by atoms with Gasteiger partial charge in [-0.2, -0.15) is 0 Å². The van der Waals surface area contributed by atoms with Crippen molar-refractivity contribution in [2.45, 2.75) is 43.7 Å². The highest BCUT2D eigenvalue weighted by atomic mass is 32.2. The SMILES string of the molecule is C=CCOC(=O)NCc1cccc(-c2cccc([C@@H]3O[C@H](CSc4nncn4C)[C@H](C)[C@H](c4ccc(CO)cc4)O3)c2)c1. The molecule has 0 bridgehead atoms. The summed E-state index contributed by atoms with van der Waals surface area (Å²) in [6, 6.07) is 24.1. The van der Waals surface area contributed by atoms with E-state index in [-0.39, 0.29) is 31.3 Å². The standard InChI is InChI=1S/C33H36N4O5S/c1-4-15-40-33(39)34-18-24-7-5-8-26(16-24)27-9-6-10-28(17-27)31-41-29(20-43-32-36-35-21-37(32)3)22(2)30(42-31)25-13-11-23(19-38)12-14-25/h4-14,16-17,21-22,29-31,38H,1,15,18-20H2,2-3H3,(H,34,39)/t22-,29+,30+,31+/m0/s1. The number of rotatable bonds is 11. The Balaban J connectivity index is 1.37. The molecule has 0 spiro atoms. The van der Waals surface area contributed by atoms with Crippen molar-refractivity contribution in [3.8, 4) is 11.1 Å². The van der Waals surface area contributed by atoms with Crippen LogP contribution in [0.5, 0.6) is 0 Å². The highest BCUT2D eigenvalue weighted by Crippen LogP contribution is 2.43. The summed E-state index contributed by atoms with van der Waals surface area (Å²) < 4.78 is 20.2. The number of amides is 1. The topological polar surface area (TPSA) is 108 Å². The van der Waals surface area contributed by atoms with E-state index in [2.05, 4.69) is 35.1 Å². The van der Waals surface area contributed by atoms with Crippen molar-refractivity contribution in [1.29, 1.82) is 0 Å². The fourth-order valence-corrected chi connectivity index (χ4v) is 6.01. The number of aromatic nitrogens is 3. The van der Waals surface area contributed by atoms with E-state index >= 15 is 0 Å². The Morgan fingerprint density at radius 1 is 1.07 bits per heavy atom. The van der Waals surface area contributed by atoms with Crippen LogP contribution in [0.4, 0.5) is 4.79 Å². The zero-order valence-electron chi connectivity index (χ0n) is 24.3. The van der Waals surface area contributed by atoms with Gasteiger partial charge in [-0.1, -0.05) is 92.0 Å². The van der Waals surface area contributed by atoms with Gasteiger partial charge in [0.25, 0.3) is 0 Å². The Labute approximate surface area is 255 Å². The van der Waals surface area contributed by atoms with Gasteiger partial charge in [0.1, 0.15) is 12.9 Å². The molecule has 9 nitrogen and oxygen atoms in total. The van der Waals surface area contributed by atoms with Crippen LogP contribution in [-0.2, 0) is 34.4 Å². The van der Waals surface area contributed by atoms with Crippen molar-refractivity contribution in [2.75, 3.05) is 12.4 Å². The number of benzene rings is 3. The second-order valence-corrected chi connectivity index (χ2v) is 11.4. The third-order valence-electron chi connectivity index (χ3n) is 7.36. The van der Waals surface area contributed by atoms with Gasteiger partial charge < -0.3 is 29.2 Å². The van der Waals surface area contributed by atoms with Gasteiger partial charge in [0.2, 0.25) is 0 Å². The number of nitrogens with zero attached hydrogens (tertiary/aromatic N) is 3. The number of alkyl carbamates (subject to hydrolysis) is 1. The molecule has 0 saturated carbocycles. The summed E-state index contributed by atoms with van der Waals surface area (Å²) in [5.41, 5.74) is 5.77. The van der Waals surface area contributed by atoms with E-state index in [0.717, 1.165) is 38.5 Å². The van der Waals surface area contributed by atoms with Gasteiger partial charge in [-0.25, -0.2) is 4.79 Å². The normalized spacial score (nSPS) is 20.0. The monoisotopic (exact) mass is 600 g/mol. The highest BCUT2D eigenvalue weighted by Gasteiger charge is 2.38. The molecule has 4 atom stereocenters. The molecule has 5 rings (SSSR count). The fourth-order valence-electron chi connectivity index (χ4n) is 4.96. The van der Waals surface area contributed by atoms with Crippen LogP contribution in [0.2, 0.25) is 0 Å². The summed E-state index contributed by atoms with van der Waals surface area (Å²) in [5, 5.41) is 21.3. The highest BCUT2D eigenvalue weighted by molar-refractivity contribution is 7.99. The second-order valence-electron chi connectivity index (χ2n) is 10.4. The molecule has 0 radical (unpaired) electrons. The zero-order valence-corrected chi connectivity index (χ0v) is 25.1. The smallest absolute Gasteiger partial charge is 0.407 e. The number of carbonyl (C=O) groups excluding carboxylic acids is 1. The largest absolute Gasteiger partial charge is 0.445 e. The quantitative estimate of drug-likeness (QED) is 0.160. The Hall–Kier alpha value is -3.96. The number of aryl methyl sites for hydroxylation is 1. The molecule has 1 aliphatic rings. The maximum Gasteiger partial charge on any atom is 0.407 e. The van der Waals surface area contributed by atoms with E-state index < -0.39 is 12.4 Å². The molecule has 4 aromatic rings. The minimum Gasteiger partial charge on any atom is -0.445 e. The van der Waals surface area contributed by atoms with E-state index in [1.807, 2.05) is 78.3 Å². The second kappa shape index (κ2) is 14.5. The molecule has 43 heavy (non-hydrogen) atoms. The number of nitrogens with one attached hydrogen (secondary N) is 1. The van der Waals surface area contributed by atoms with Crippen molar-refractivity contribution in [2.24, 2.45) is 13.0 Å². The lowest BCUT2D eigenvalue weighted by molar-refractivity contribution is -0.268. The van der Waals surface area contributed by atoms with Crippen molar-refractivity contribution in [1.82, 2.24) is 20.1 Å². The van der Waals surface area contributed by atoms with E-state index in [1.165, 1.54) is 6.08 Å². The van der Waals surface area contributed by atoms with Gasteiger partial charge in [-0.15, -0.1) is 10.2 Å². The predicted octanol–water partition coefficient (Wildman–Crippen LogP) is 5.97. The lowest BCUT2D eigenvalue weighted by Gasteiger charge is -2.41. The summed E-state index contributed by atoms with van der Waals surface area (Å²) in [6.07, 6.45) is 1.81. The summed E-state index contributed by atoms with van der Waals surface area (Å²) in [4.78, 5) is 11.9. The van der Waals surface area contributed by atoms with Crippen LogP contribution in [0.25, 0.3) is 11.1 Å². The first-order valence-corrected chi connectivity index (χ1v) is 15.1. The average Bonchev–Trinajstić information content (AvgIpc) is 3.46. The molecule has 2 N–H and O–H groups in total. The molecule has 1 fully saturated rings. The Morgan fingerprint density at radius 2 is 1.84 bits per heavy atom. The summed E-state index contributed by atoms with van der Waals surface area (Å²) >= 11 is 1.61. The Kier molecular flexibility index (Phi) is 10.3. The maximum absolute atomic E-state index is 11.9. The van der Waals surface area contributed by atoms with Gasteiger partial charge in [0.15, 0.2) is 11.4 Å². The van der Waals surface area contributed by atoms with Crippen LogP contribution in [0.3, 0.4) is 0 Å². The van der Waals surface area contributed by atoms with E-state index in [1.54, 1.807) is 18.1 Å². The van der Waals surface area contributed by atoms with Gasteiger partial charge in [-0.3, -0.25) is 0 Å². The molecule has 224 valence electrons. The van der Waals surface area contributed by atoms with Crippen LogP contribution in [-0.4, -0.2) is 44.4 Å². The maximum atomic E-state index is 11.9. The van der Waals surface area contributed by atoms with Crippen molar-refractivity contribution >= 4 is 17.9 Å². The molecule has 1 aromatic heterocycles. The van der Waals surface area contributed by atoms with E-state index in [0.29, 0.717) is 12.3 Å². The van der Waals surface area contributed by atoms with Gasteiger partial charge in [0, 0.05) is 30.8 Å². The summed E-state index contributed by atoms with van der Waals surface area (Å²) in [5.74, 6) is 0.741. The molecule has 0 aliphatic carbocycles. The molecule has 0 unspecified atom stereocenters. The molecule has 1 saturated heterocycles. The Bertz CT molecular complexity index is 1530. The third kappa shape index (κ3) is 7.71. The summed E-state index contributed by atoms with van der Waals surface area (Å²) in [6.45, 7) is 6.20. The molecular formula is C33H36N4O5S. The lowest BCUT2D eigenvalue weighted by Crippen LogP contribution is -2.38. The average molecular weight is 601 g/mol. The first-order valence-electron chi connectivity index (χ1n) is 14.1. The molecule has 3 aromatic carbocycles. The molecular weight excluding hydrogens is 564 g/mol. The number of carbonyl (C=O) groups is 1. The van der Waals surface area contributed by atoms with E-state index in [9.17, 15) is 9.90 Å². The van der Waals surface area contributed by atoms with Gasteiger partial charge in [-0.05, 0) is 39.9 Å². The van der Waals surface area contributed by atoms with Crippen LogP contribution in [0.15, 0.2) is 96.9 Å². The Morgan fingerprint density at radius 3 is 2.56 bits per heavy atom. The number of aliphatic hydroxyl groups excluding tert-OH is 1. The summed E-state index contributed by atoms with van der Waals surface area (Å²) in [7, 11) is 1.93. The zero-order chi connectivity index (χ0) is 30.2. The number of aliphatic hydroxyl groups is 1. The fraction of sp³-hybridized carbons (Fsp3) is 0.303. The molecule has 2 heterocycles. The van der Waals surface area contributed by atoms with E-state index in [4.69, 9.17) is 14.2 Å². The van der Waals surface area contributed by atoms with Crippen molar-refractivity contribution in [3.05, 3.63) is 114 Å². The third-order valence-corrected chi connectivity index (χ3v) is 8.48. The lowest BCUT2D eigenvalue weighted by atomic mass is 9.91. The van der Waals surface area contributed by atoms with Crippen LogP contribution >= 0.6 is 11.8 Å². The molecule has 1 amide bonds. The first-order chi connectivity index (χ1) is 20.9.